The van der Waals surface area contributed by atoms with Crippen LogP contribution in [0.25, 0.3) is 10.1 Å². The van der Waals surface area contributed by atoms with Crippen LogP contribution in [0.15, 0.2) is 17.5 Å². The average Bonchev–Trinajstić information content (AvgIpc) is 2.59. The SMILES string of the molecule is Cc1c(F)cc(C(=O)O)c2sccc12. The maximum Gasteiger partial charge on any atom is 0.337 e. The minimum atomic E-state index is -1.09. The van der Waals surface area contributed by atoms with Crippen LogP contribution >= 0.6 is 11.3 Å². The largest absolute Gasteiger partial charge is 0.478 e. The molecule has 0 aliphatic heterocycles. The molecule has 0 amide bonds. The van der Waals surface area contributed by atoms with Crippen LogP contribution in [0.1, 0.15) is 15.9 Å². The Hall–Kier alpha value is -1.42. The van der Waals surface area contributed by atoms with Crippen molar-refractivity contribution in [2.45, 2.75) is 6.92 Å². The molecule has 0 atom stereocenters. The molecule has 0 saturated carbocycles. The number of carbonyl (C=O) groups is 1. The highest BCUT2D eigenvalue weighted by atomic mass is 32.1. The topological polar surface area (TPSA) is 37.3 Å². The maximum absolute atomic E-state index is 13.3. The summed E-state index contributed by atoms with van der Waals surface area (Å²) >= 11 is 1.32. The first-order chi connectivity index (χ1) is 6.61. The molecule has 1 aromatic carbocycles. The molecule has 0 radical (unpaired) electrons. The predicted octanol–water partition coefficient (Wildman–Crippen LogP) is 3.05. The third-order valence-corrected chi connectivity index (χ3v) is 3.12. The summed E-state index contributed by atoms with van der Waals surface area (Å²) in [6.07, 6.45) is 0. The normalized spacial score (nSPS) is 10.7. The standard InChI is InChI=1S/C10H7FO2S/c1-5-6-2-3-14-9(6)7(10(12)13)4-8(5)11/h2-4H,1H3,(H,12,13). The van der Waals surface area contributed by atoms with E-state index < -0.39 is 11.8 Å². The molecule has 2 nitrogen and oxygen atoms in total. The van der Waals surface area contributed by atoms with E-state index in [9.17, 15) is 9.18 Å². The van der Waals surface area contributed by atoms with Gasteiger partial charge in [-0.3, -0.25) is 0 Å². The lowest BCUT2D eigenvalue weighted by molar-refractivity contribution is 0.0698. The van der Waals surface area contributed by atoms with Crippen LogP contribution in [0.5, 0.6) is 0 Å². The maximum atomic E-state index is 13.3. The van der Waals surface area contributed by atoms with Gasteiger partial charge in [-0.15, -0.1) is 11.3 Å². The van der Waals surface area contributed by atoms with Crippen molar-refractivity contribution in [3.63, 3.8) is 0 Å². The van der Waals surface area contributed by atoms with Crippen molar-refractivity contribution >= 4 is 27.4 Å². The Kier molecular flexibility index (Phi) is 2.00. The van der Waals surface area contributed by atoms with Gasteiger partial charge in [-0.05, 0) is 35.4 Å². The molecule has 0 bridgehead atoms. The highest BCUT2D eigenvalue weighted by Gasteiger charge is 2.14. The molecule has 1 N–H and O–H groups in total. The van der Waals surface area contributed by atoms with Crippen LogP contribution < -0.4 is 0 Å². The number of carboxylic acid groups (broad SMARTS) is 1. The zero-order valence-corrected chi connectivity index (χ0v) is 8.19. The fourth-order valence-electron chi connectivity index (χ4n) is 1.40. The third-order valence-electron chi connectivity index (χ3n) is 2.17. The van der Waals surface area contributed by atoms with E-state index >= 15 is 0 Å². The molecule has 0 aliphatic rings. The Balaban J connectivity index is 2.91. The van der Waals surface area contributed by atoms with Crippen LogP contribution in [0, 0.1) is 12.7 Å². The van der Waals surface area contributed by atoms with Crippen LogP contribution in [0.2, 0.25) is 0 Å². The summed E-state index contributed by atoms with van der Waals surface area (Å²) < 4.78 is 13.9. The summed E-state index contributed by atoms with van der Waals surface area (Å²) in [5.41, 5.74) is 0.546. The summed E-state index contributed by atoms with van der Waals surface area (Å²) in [5.74, 6) is -1.55. The van der Waals surface area contributed by atoms with Crippen molar-refractivity contribution in [2.24, 2.45) is 0 Å². The highest BCUT2D eigenvalue weighted by Crippen LogP contribution is 2.29. The van der Waals surface area contributed by atoms with Gasteiger partial charge in [0.05, 0.1) is 5.56 Å². The smallest absolute Gasteiger partial charge is 0.337 e. The summed E-state index contributed by atoms with van der Waals surface area (Å²) in [6.45, 7) is 1.65. The van der Waals surface area contributed by atoms with Gasteiger partial charge < -0.3 is 5.11 Å². The Morgan fingerprint density at radius 1 is 1.57 bits per heavy atom. The lowest BCUT2D eigenvalue weighted by atomic mass is 10.1. The first-order valence-corrected chi connectivity index (χ1v) is 4.89. The van der Waals surface area contributed by atoms with E-state index in [4.69, 9.17) is 5.11 Å². The number of benzene rings is 1. The lowest BCUT2D eigenvalue weighted by Crippen LogP contribution is -1.98. The van der Waals surface area contributed by atoms with Gasteiger partial charge in [-0.25, -0.2) is 9.18 Å². The molecular weight excluding hydrogens is 203 g/mol. The van der Waals surface area contributed by atoms with E-state index in [0.717, 1.165) is 6.07 Å². The molecule has 72 valence electrons. The Morgan fingerprint density at radius 2 is 2.29 bits per heavy atom. The number of thiophene rings is 1. The minimum Gasteiger partial charge on any atom is -0.478 e. The highest BCUT2D eigenvalue weighted by molar-refractivity contribution is 7.17. The second-order valence-corrected chi connectivity index (χ2v) is 3.92. The molecule has 0 fully saturated rings. The molecule has 4 heteroatoms. The minimum absolute atomic E-state index is 0.0399. The van der Waals surface area contributed by atoms with Crippen molar-refractivity contribution in [3.05, 3.63) is 34.5 Å². The lowest BCUT2D eigenvalue weighted by Gasteiger charge is -2.02. The number of rotatable bonds is 1. The molecule has 0 unspecified atom stereocenters. The first-order valence-electron chi connectivity index (χ1n) is 4.01. The summed E-state index contributed by atoms with van der Waals surface area (Å²) in [6, 6.07) is 2.82. The average molecular weight is 210 g/mol. The summed E-state index contributed by atoms with van der Waals surface area (Å²) in [4.78, 5) is 10.8. The number of aryl methyl sites for hydroxylation is 1. The Bertz CT molecular complexity index is 516. The predicted molar refractivity (Wildman–Crippen MR) is 53.5 cm³/mol. The molecule has 1 aromatic heterocycles. The van der Waals surface area contributed by atoms with Crippen molar-refractivity contribution in [2.75, 3.05) is 0 Å². The second kappa shape index (κ2) is 3.06. The quantitative estimate of drug-likeness (QED) is 0.785. The van der Waals surface area contributed by atoms with Gasteiger partial charge in [0.2, 0.25) is 0 Å². The fourth-order valence-corrected chi connectivity index (χ4v) is 2.36. The molecular formula is C10H7FO2S. The molecule has 0 aliphatic carbocycles. The van der Waals surface area contributed by atoms with Crippen molar-refractivity contribution in [1.29, 1.82) is 0 Å². The fraction of sp³-hybridized carbons (Fsp3) is 0.100. The van der Waals surface area contributed by atoms with E-state index in [-0.39, 0.29) is 5.56 Å². The van der Waals surface area contributed by atoms with E-state index in [1.54, 1.807) is 18.4 Å². The van der Waals surface area contributed by atoms with Gasteiger partial charge in [-0.2, -0.15) is 0 Å². The number of hydrogen-bond acceptors (Lipinski definition) is 2. The third kappa shape index (κ3) is 1.19. The van der Waals surface area contributed by atoms with E-state index in [2.05, 4.69) is 0 Å². The second-order valence-electron chi connectivity index (χ2n) is 3.00. The molecule has 1 heterocycles. The van der Waals surface area contributed by atoms with Gasteiger partial charge in [0.1, 0.15) is 5.82 Å². The number of fused-ring (bicyclic) bond motifs is 1. The zero-order valence-electron chi connectivity index (χ0n) is 7.37. The Labute approximate surface area is 83.6 Å². The molecule has 0 saturated heterocycles. The zero-order chi connectivity index (χ0) is 10.3. The monoisotopic (exact) mass is 210 g/mol. The van der Waals surface area contributed by atoms with Crippen LogP contribution in [0.4, 0.5) is 4.39 Å². The summed E-state index contributed by atoms with van der Waals surface area (Å²) in [7, 11) is 0. The van der Waals surface area contributed by atoms with Crippen LogP contribution in [0.3, 0.4) is 0 Å². The van der Waals surface area contributed by atoms with E-state index in [1.807, 2.05) is 0 Å². The van der Waals surface area contributed by atoms with Crippen molar-refractivity contribution in [1.82, 2.24) is 0 Å². The number of halogens is 1. The van der Waals surface area contributed by atoms with E-state index in [1.165, 1.54) is 11.3 Å². The number of hydrogen-bond donors (Lipinski definition) is 1. The molecule has 14 heavy (non-hydrogen) atoms. The van der Waals surface area contributed by atoms with Gasteiger partial charge >= 0.3 is 5.97 Å². The van der Waals surface area contributed by atoms with E-state index in [0.29, 0.717) is 15.6 Å². The van der Waals surface area contributed by atoms with Crippen molar-refractivity contribution in [3.8, 4) is 0 Å². The Morgan fingerprint density at radius 3 is 2.93 bits per heavy atom. The number of aromatic carboxylic acids is 1. The van der Waals surface area contributed by atoms with Crippen LogP contribution in [-0.2, 0) is 0 Å². The van der Waals surface area contributed by atoms with Gasteiger partial charge in [0, 0.05) is 4.70 Å². The van der Waals surface area contributed by atoms with Crippen molar-refractivity contribution < 1.29 is 14.3 Å². The first kappa shape index (κ1) is 9.15. The molecule has 0 spiro atoms. The molecule has 2 aromatic rings. The van der Waals surface area contributed by atoms with Crippen LogP contribution in [-0.4, -0.2) is 11.1 Å². The summed E-state index contributed by atoms with van der Waals surface area (Å²) in [5, 5.41) is 11.3. The van der Waals surface area contributed by atoms with Gasteiger partial charge in [0.25, 0.3) is 0 Å². The van der Waals surface area contributed by atoms with Gasteiger partial charge in [0.15, 0.2) is 0 Å². The number of carboxylic acids is 1. The van der Waals surface area contributed by atoms with Gasteiger partial charge in [-0.1, -0.05) is 0 Å². The molecule has 2 rings (SSSR count).